The Labute approximate surface area is 161 Å². The number of hydrogen-bond donors (Lipinski definition) is 3. The fourth-order valence-electron chi connectivity index (χ4n) is 2.39. The zero-order chi connectivity index (χ0) is 20.4. The maximum Gasteiger partial charge on any atom is 0.277 e. The average molecular weight is 392 g/mol. The van der Waals surface area contributed by atoms with Crippen molar-refractivity contribution in [2.45, 2.75) is 12.8 Å². The minimum absolute atomic E-state index is 0.0551. The zero-order valence-electron chi connectivity index (χ0n) is 15.2. The first-order chi connectivity index (χ1) is 13.6. The number of amides is 1. The molecule has 0 radical (unpaired) electrons. The number of ether oxygens (including phenoxy) is 1. The molecule has 2 aromatic rings. The van der Waals surface area contributed by atoms with Gasteiger partial charge in [0.2, 0.25) is 0 Å². The van der Waals surface area contributed by atoms with Gasteiger partial charge < -0.3 is 15.2 Å². The lowest BCUT2D eigenvalue weighted by molar-refractivity contribution is 0.0145. The normalized spacial score (nSPS) is 10.4. The molecule has 0 unspecified atom stereocenters. The van der Waals surface area contributed by atoms with E-state index in [-0.39, 0.29) is 31.1 Å². The van der Waals surface area contributed by atoms with E-state index < -0.39 is 17.5 Å². The lowest BCUT2D eigenvalue weighted by Crippen LogP contribution is -2.26. The first-order valence-corrected chi connectivity index (χ1v) is 8.66. The average Bonchev–Trinajstić information content (AvgIpc) is 2.70. The fraction of sp³-hybridized carbons (Fsp3) is 0.250. The summed E-state index contributed by atoms with van der Waals surface area (Å²) in [6.07, 6.45) is 2.57. The van der Waals surface area contributed by atoms with E-state index in [1.807, 2.05) is 0 Å². The highest BCUT2D eigenvalue weighted by Crippen LogP contribution is 2.27. The van der Waals surface area contributed by atoms with Crippen molar-refractivity contribution in [3.05, 3.63) is 72.0 Å². The number of benzene rings is 2. The van der Waals surface area contributed by atoms with E-state index >= 15 is 0 Å². The number of anilines is 2. The molecule has 1 amide bonds. The van der Waals surface area contributed by atoms with E-state index in [9.17, 15) is 13.6 Å². The topological polar surface area (TPSA) is 79.8 Å². The number of hydroxylamine groups is 1. The van der Waals surface area contributed by atoms with Gasteiger partial charge in [-0.25, -0.2) is 14.3 Å². The van der Waals surface area contributed by atoms with E-state index in [0.717, 1.165) is 17.7 Å². The Morgan fingerprint density at radius 2 is 1.89 bits per heavy atom. The molecule has 0 saturated carbocycles. The van der Waals surface area contributed by atoms with Crippen LogP contribution in [0.3, 0.4) is 0 Å². The van der Waals surface area contributed by atoms with Crippen LogP contribution in [0.4, 0.5) is 20.2 Å². The van der Waals surface area contributed by atoms with Crippen LogP contribution in [0.15, 0.2) is 49.2 Å². The van der Waals surface area contributed by atoms with Crippen LogP contribution in [0.5, 0.6) is 0 Å². The predicted molar refractivity (Wildman–Crippen MR) is 101 cm³/mol. The Hall–Kier alpha value is -2.97. The van der Waals surface area contributed by atoms with Gasteiger partial charge in [-0.15, -0.1) is 0 Å². The molecule has 0 aromatic heterocycles. The molecule has 0 spiro atoms. The minimum Gasteiger partial charge on any atom is -0.499 e. The summed E-state index contributed by atoms with van der Waals surface area (Å²) in [5.41, 5.74) is 3.21. The quantitative estimate of drug-likeness (QED) is 0.310. The molecule has 28 heavy (non-hydrogen) atoms. The third-order valence-electron chi connectivity index (χ3n) is 3.77. The maximum atomic E-state index is 14.3. The smallest absolute Gasteiger partial charge is 0.277 e. The number of hydrogen-bond acceptors (Lipinski definition) is 5. The molecule has 0 aliphatic carbocycles. The Bertz CT molecular complexity index is 798. The van der Waals surface area contributed by atoms with Gasteiger partial charge in [0.25, 0.3) is 5.91 Å². The lowest BCUT2D eigenvalue weighted by atomic mass is 10.1. The minimum atomic E-state index is -1.17. The van der Waals surface area contributed by atoms with Gasteiger partial charge in [-0.3, -0.25) is 9.63 Å². The van der Waals surface area contributed by atoms with E-state index in [1.54, 1.807) is 24.3 Å². The molecule has 0 heterocycles. The van der Waals surface area contributed by atoms with Gasteiger partial charge in [-0.1, -0.05) is 18.7 Å². The highest BCUT2D eigenvalue weighted by molar-refractivity contribution is 5.99. The van der Waals surface area contributed by atoms with Crippen molar-refractivity contribution < 1.29 is 28.3 Å². The lowest BCUT2D eigenvalue weighted by Gasteiger charge is -2.14. The van der Waals surface area contributed by atoms with E-state index in [0.29, 0.717) is 18.5 Å². The number of halogens is 2. The summed E-state index contributed by atoms with van der Waals surface area (Å²) in [7, 11) is 0. The van der Waals surface area contributed by atoms with Crippen molar-refractivity contribution in [3.8, 4) is 0 Å². The van der Waals surface area contributed by atoms with Crippen molar-refractivity contribution >= 4 is 17.3 Å². The second-order valence-corrected chi connectivity index (χ2v) is 5.75. The number of aliphatic hydroxyl groups is 1. The molecule has 8 heteroatoms. The standard InChI is InChI=1S/C20H22F2N2O4/c1-2-27-12-13-28-24-20(26)16-9-10-17(21)18(22)19(16)23-15-7-5-14(6-8-15)4-3-11-25/h2,5-10,23,25H,1,3-4,11-13H2,(H,24,26). The van der Waals surface area contributed by atoms with Crippen molar-refractivity contribution in [2.75, 3.05) is 25.1 Å². The number of aliphatic hydroxyl groups excluding tert-OH is 1. The molecular formula is C20H22F2N2O4. The summed E-state index contributed by atoms with van der Waals surface area (Å²) in [6.45, 7) is 3.69. The fourth-order valence-corrected chi connectivity index (χ4v) is 2.39. The van der Waals surface area contributed by atoms with Gasteiger partial charge in [0, 0.05) is 12.3 Å². The molecule has 0 saturated heterocycles. The van der Waals surface area contributed by atoms with E-state index in [2.05, 4.69) is 17.4 Å². The number of carbonyl (C=O) groups excluding carboxylic acids is 1. The van der Waals surface area contributed by atoms with Crippen LogP contribution >= 0.6 is 0 Å². The predicted octanol–water partition coefficient (Wildman–Crippen LogP) is 3.45. The van der Waals surface area contributed by atoms with Crippen molar-refractivity contribution in [1.29, 1.82) is 0 Å². The second-order valence-electron chi connectivity index (χ2n) is 5.75. The Morgan fingerprint density at radius 1 is 1.14 bits per heavy atom. The largest absolute Gasteiger partial charge is 0.499 e. The molecule has 6 nitrogen and oxygen atoms in total. The maximum absolute atomic E-state index is 14.3. The van der Waals surface area contributed by atoms with Gasteiger partial charge in [-0.2, -0.15) is 0 Å². The number of nitrogens with one attached hydrogen (secondary N) is 2. The summed E-state index contributed by atoms with van der Waals surface area (Å²) in [6, 6.07) is 9.00. The third kappa shape index (κ3) is 6.04. The van der Waals surface area contributed by atoms with Crippen LogP contribution in [0, 0.1) is 11.6 Å². The van der Waals surface area contributed by atoms with Crippen molar-refractivity contribution in [2.24, 2.45) is 0 Å². The molecule has 0 bridgehead atoms. The molecule has 0 aliphatic heterocycles. The SMILES string of the molecule is C=COCCONC(=O)c1ccc(F)c(F)c1Nc1ccc(CCCO)cc1. The number of aryl methyl sites for hydroxylation is 1. The molecule has 3 N–H and O–H groups in total. The van der Waals surface area contributed by atoms with Crippen LogP contribution in [-0.2, 0) is 16.0 Å². The van der Waals surface area contributed by atoms with E-state index in [1.165, 1.54) is 6.26 Å². The number of carbonyl (C=O) groups is 1. The summed E-state index contributed by atoms with van der Waals surface area (Å²) in [5.74, 6) is -2.99. The molecule has 0 aliphatic rings. The third-order valence-corrected chi connectivity index (χ3v) is 3.77. The molecule has 2 rings (SSSR count). The number of rotatable bonds is 11. The van der Waals surface area contributed by atoms with Gasteiger partial charge in [0.05, 0.1) is 17.5 Å². The monoisotopic (exact) mass is 392 g/mol. The highest BCUT2D eigenvalue weighted by atomic mass is 19.2. The molecule has 0 atom stereocenters. The molecule has 0 fully saturated rings. The van der Waals surface area contributed by atoms with Crippen LogP contribution in [0.2, 0.25) is 0 Å². The Morgan fingerprint density at radius 3 is 2.57 bits per heavy atom. The first kappa shape index (κ1) is 21.3. The van der Waals surface area contributed by atoms with Crippen molar-refractivity contribution in [1.82, 2.24) is 5.48 Å². The summed E-state index contributed by atoms with van der Waals surface area (Å²) in [4.78, 5) is 17.2. The van der Waals surface area contributed by atoms with Crippen LogP contribution < -0.4 is 10.8 Å². The summed E-state index contributed by atoms with van der Waals surface area (Å²) in [5, 5.41) is 11.6. The van der Waals surface area contributed by atoms with E-state index in [4.69, 9.17) is 14.7 Å². The first-order valence-electron chi connectivity index (χ1n) is 8.66. The Kier molecular flexibility index (Phi) is 8.38. The second kappa shape index (κ2) is 11.0. The Balaban J connectivity index is 2.13. The van der Waals surface area contributed by atoms with Crippen molar-refractivity contribution in [3.63, 3.8) is 0 Å². The van der Waals surface area contributed by atoms with Gasteiger partial charge in [0.15, 0.2) is 11.6 Å². The zero-order valence-corrected chi connectivity index (χ0v) is 15.2. The van der Waals surface area contributed by atoms with Crippen LogP contribution in [0.1, 0.15) is 22.3 Å². The highest BCUT2D eigenvalue weighted by Gasteiger charge is 2.19. The molecular weight excluding hydrogens is 370 g/mol. The summed E-state index contributed by atoms with van der Waals surface area (Å²) >= 11 is 0. The molecule has 2 aromatic carbocycles. The van der Waals surface area contributed by atoms with Gasteiger partial charge >= 0.3 is 0 Å². The molecule has 150 valence electrons. The van der Waals surface area contributed by atoms with Crippen LogP contribution in [0.25, 0.3) is 0 Å². The summed E-state index contributed by atoms with van der Waals surface area (Å²) < 4.78 is 32.9. The van der Waals surface area contributed by atoms with Gasteiger partial charge in [0.1, 0.15) is 13.2 Å². The van der Waals surface area contributed by atoms with Gasteiger partial charge in [-0.05, 0) is 42.7 Å². The van der Waals surface area contributed by atoms with Crippen LogP contribution in [-0.4, -0.2) is 30.8 Å².